The summed E-state index contributed by atoms with van der Waals surface area (Å²) in [5.41, 5.74) is 1.83. The third-order valence-electron chi connectivity index (χ3n) is 2.35. The van der Waals surface area contributed by atoms with Crippen molar-refractivity contribution in [3.63, 3.8) is 0 Å². The average molecular weight is 230 g/mol. The molecular weight excluding hydrogens is 216 g/mol. The van der Waals surface area contributed by atoms with Gasteiger partial charge in [-0.1, -0.05) is 0 Å². The van der Waals surface area contributed by atoms with Gasteiger partial charge in [-0.2, -0.15) is 0 Å². The minimum absolute atomic E-state index is 0.243. The first kappa shape index (κ1) is 11.2. The zero-order chi connectivity index (χ0) is 12.3. The lowest BCUT2D eigenvalue weighted by atomic mass is 10.2. The van der Waals surface area contributed by atoms with Crippen LogP contribution in [-0.4, -0.2) is 30.0 Å². The molecule has 0 radical (unpaired) electrons. The van der Waals surface area contributed by atoms with E-state index < -0.39 is 0 Å². The molecule has 17 heavy (non-hydrogen) atoms. The summed E-state index contributed by atoms with van der Waals surface area (Å²) in [4.78, 5) is 20.3. The number of rotatable bonds is 3. The van der Waals surface area contributed by atoms with Crippen molar-refractivity contribution in [2.24, 2.45) is 0 Å². The van der Waals surface area contributed by atoms with Gasteiger partial charge in [0, 0.05) is 37.9 Å². The highest BCUT2D eigenvalue weighted by atomic mass is 16.2. The highest BCUT2D eigenvalue weighted by Crippen LogP contribution is 2.15. The van der Waals surface area contributed by atoms with E-state index in [-0.39, 0.29) is 5.91 Å². The van der Waals surface area contributed by atoms with Gasteiger partial charge in [0.15, 0.2) is 5.82 Å². The van der Waals surface area contributed by atoms with Gasteiger partial charge >= 0.3 is 0 Å². The van der Waals surface area contributed by atoms with Gasteiger partial charge in [0.2, 0.25) is 0 Å². The smallest absolute Gasteiger partial charge is 0.291 e. The molecule has 5 nitrogen and oxygen atoms in total. The minimum atomic E-state index is -0.243. The fourth-order valence-electron chi connectivity index (χ4n) is 1.42. The highest BCUT2D eigenvalue weighted by Gasteiger charge is 2.07. The second kappa shape index (κ2) is 4.69. The monoisotopic (exact) mass is 230 g/mol. The van der Waals surface area contributed by atoms with Crippen molar-refractivity contribution in [2.45, 2.75) is 0 Å². The number of aromatic amines is 1. The van der Waals surface area contributed by atoms with Gasteiger partial charge in [-0.15, -0.1) is 0 Å². The predicted octanol–water partition coefficient (Wildman–Crippen LogP) is 1.73. The van der Waals surface area contributed by atoms with Crippen molar-refractivity contribution in [1.82, 2.24) is 9.97 Å². The van der Waals surface area contributed by atoms with Crippen LogP contribution in [0.5, 0.6) is 0 Å². The van der Waals surface area contributed by atoms with Crippen molar-refractivity contribution in [3.05, 3.63) is 42.5 Å². The maximum atomic E-state index is 11.7. The molecule has 2 N–H and O–H groups in total. The Hall–Kier alpha value is -2.30. The number of aromatic nitrogens is 2. The molecule has 88 valence electrons. The summed E-state index contributed by atoms with van der Waals surface area (Å²) in [7, 11) is 3.94. The second-order valence-corrected chi connectivity index (χ2v) is 3.83. The van der Waals surface area contributed by atoms with Gasteiger partial charge in [-0.3, -0.25) is 4.79 Å². The number of carbonyl (C=O) groups is 1. The van der Waals surface area contributed by atoms with Crippen molar-refractivity contribution in [2.75, 3.05) is 24.3 Å². The van der Waals surface area contributed by atoms with Crippen LogP contribution in [0.3, 0.4) is 0 Å². The van der Waals surface area contributed by atoms with E-state index in [1.165, 1.54) is 0 Å². The molecule has 1 aromatic carbocycles. The van der Waals surface area contributed by atoms with E-state index in [0.717, 1.165) is 11.4 Å². The molecule has 0 spiro atoms. The number of nitrogens with zero attached hydrogens (tertiary/aromatic N) is 2. The van der Waals surface area contributed by atoms with Crippen molar-refractivity contribution in [3.8, 4) is 0 Å². The van der Waals surface area contributed by atoms with Crippen LogP contribution >= 0.6 is 0 Å². The largest absolute Gasteiger partial charge is 0.378 e. The summed E-state index contributed by atoms with van der Waals surface area (Å²) < 4.78 is 0. The van der Waals surface area contributed by atoms with E-state index >= 15 is 0 Å². The van der Waals surface area contributed by atoms with Crippen LogP contribution < -0.4 is 10.2 Å². The number of anilines is 2. The molecule has 1 aromatic heterocycles. The Kier molecular flexibility index (Phi) is 3.09. The molecule has 0 aliphatic carbocycles. The molecule has 0 fully saturated rings. The number of benzene rings is 1. The molecule has 0 saturated carbocycles. The van der Waals surface area contributed by atoms with Crippen LogP contribution in [0.4, 0.5) is 11.4 Å². The van der Waals surface area contributed by atoms with Crippen molar-refractivity contribution >= 4 is 17.3 Å². The first-order chi connectivity index (χ1) is 8.16. The summed E-state index contributed by atoms with van der Waals surface area (Å²) in [6.07, 6.45) is 3.16. The number of hydrogen-bond donors (Lipinski definition) is 2. The Labute approximate surface area is 99.5 Å². The molecule has 0 atom stereocenters. The Morgan fingerprint density at radius 3 is 2.53 bits per heavy atom. The zero-order valence-corrected chi connectivity index (χ0v) is 9.77. The molecular formula is C12H14N4O. The summed E-state index contributed by atoms with van der Waals surface area (Å²) in [6.45, 7) is 0. The topological polar surface area (TPSA) is 61.0 Å². The Bertz CT molecular complexity index is 488. The van der Waals surface area contributed by atoms with E-state index in [4.69, 9.17) is 0 Å². The van der Waals surface area contributed by atoms with Gasteiger partial charge in [0.25, 0.3) is 5.91 Å². The normalized spacial score (nSPS) is 10.0. The van der Waals surface area contributed by atoms with E-state index in [0.29, 0.717) is 5.82 Å². The number of amides is 1. The SMILES string of the molecule is CN(C)c1ccc(NC(=O)c2ncc[nH]2)cc1. The van der Waals surface area contributed by atoms with E-state index in [1.54, 1.807) is 12.4 Å². The molecule has 1 amide bonds. The van der Waals surface area contributed by atoms with Crippen LogP contribution in [-0.2, 0) is 0 Å². The molecule has 1 heterocycles. The number of H-pyrrole nitrogens is 1. The van der Waals surface area contributed by atoms with Crippen LogP contribution in [0, 0.1) is 0 Å². The van der Waals surface area contributed by atoms with Crippen LogP contribution in [0.15, 0.2) is 36.7 Å². The van der Waals surface area contributed by atoms with E-state index in [9.17, 15) is 4.79 Å². The first-order valence-electron chi connectivity index (χ1n) is 5.25. The Balaban J connectivity index is 2.07. The Morgan fingerprint density at radius 2 is 2.00 bits per heavy atom. The number of nitrogens with one attached hydrogen (secondary N) is 2. The van der Waals surface area contributed by atoms with Crippen molar-refractivity contribution in [1.29, 1.82) is 0 Å². The lowest BCUT2D eigenvalue weighted by Gasteiger charge is -2.12. The summed E-state index contributed by atoms with van der Waals surface area (Å²) >= 11 is 0. The summed E-state index contributed by atoms with van der Waals surface area (Å²) in [6, 6.07) is 7.60. The summed E-state index contributed by atoms with van der Waals surface area (Å²) in [5, 5.41) is 2.76. The third-order valence-corrected chi connectivity index (χ3v) is 2.35. The number of imidazole rings is 1. The maximum Gasteiger partial charge on any atom is 0.291 e. The zero-order valence-electron chi connectivity index (χ0n) is 9.77. The van der Waals surface area contributed by atoms with E-state index in [2.05, 4.69) is 15.3 Å². The van der Waals surface area contributed by atoms with Crippen LogP contribution in [0.2, 0.25) is 0 Å². The standard InChI is InChI=1S/C12H14N4O/c1-16(2)10-5-3-9(4-6-10)15-12(17)11-13-7-8-14-11/h3-8H,1-2H3,(H,13,14)(H,15,17). The molecule has 0 aliphatic rings. The number of carbonyl (C=O) groups excluding carboxylic acids is 1. The quantitative estimate of drug-likeness (QED) is 0.844. The van der Waals surface area contributed by atoms with Crippen molar-refractivity contribution < 1.29 is 4.79 Å². The fraction of sp³-hybridized carbons (Fsp3) is 0.167. The fourth-order valence-corrected chi connectivity index (χ4v) is 1.42. The lowest BCUT2D eigenvalue weighted by molar-refractivity contribution is 0.101. The molecule has 0 bridgehead atoms. The summed E-state index contributed by atoms with van der Waals surface area (Å²) in [5.74, 6) is 0.0642. The van der Waals surface area contributed by atoms with E-state index in [1.807, 2.05) is 43.3 Å². The minimum Gasteiger partial charge on any atom is -0.378 e. The molecule has 2 rings (SSSR count). The predicted molar refractivity (Wildman–Crippen MR) is 67.3 cm³/mol. The van der Waals surface area contributed by atoms with Crippen LogP contribution in [0.25, 0.3) is 0 Å². The number of hydrogen-bond acceptors (Lipinski definition) is 3. The molecule has 0 saturated heterocycles. The third kappa shape index (κ3) is 2.63. The van der Waals surface area contributed by atoms with Gasteiger partial charge in [-0.25, -0.2) is 4.98 Å². The molecule has 2 aromatic rings. The van der Waals surface area contributed by atoms with Crippen LogP contribution in [0.1, 0.15) is 10.6 Å². The molecule has 0 aliphatic heterocycles. The first-order valence-corrected chi connectivity index (χ1v) is 5.25. The second-order valence-electron chi connectivity index (χ2n) is 3.83. The van der Waals surface area contributed by atoms with Gasteiger partial charge in [0.1, 0.15) is 0 Å². The molecule has 5 heteroatoms. The van der Waals surface area contributed by atoms with Gasteiger partial charge in [0.05, 0.1) is 0 Å². The molecule has 0 unspecified atom stereocenters. The van der Waals surface area contributed by atoms with Gasteiger partial charge in [-0.05, 0) is 24.3 Å². The average Bonchev–Trinajstić information content (AvgIpc) is 2.83. The Morgan fingerprint density at radius 1 is 1.29 bits per heavy atom. The highest BCUT2D eigenvalue weighted by molar-refractivity contribution is 6.01. The van der Waals surface area contributed by atoms with Gasteiger partial charge < -0.3 is 15.2 Å². The lowest BCUT2D eigenvalue weighted by Crippen LogP contribution is -2.14. The maximum absolute atomic E-state index is 11.7.